The minimum atomic E-state index is -0.524. The first kappa shape index (κ1) is 14.0. The lowest BCUT2D eigenvalue weighted by Gasteiger charge is -2.08. The second-order valence-corrected chi connectivity index (χ2v) is 3.97. The van der Waals surface area contributed by atoms with E-state index < -0.39 is 4.92 Å². The van der Waals surface area contributed by atoms with Crippen molar-refractivity contribution in [2.45, 2.75) is 5.88 Å². The van der Waals surface area contributed by atoms with Crippen LogP contribution in [0.15, 0.2) is 30.6 Å². The lowest BCUT2D eigenvalue weighted by atomic mass is 10.3. The zero-order valence-corrected chi connectivity index (χ0v) is 11.2. The Hall–Kier alpha value is -2.41. The Morgan fingerprint density at radius 1 is 1.30 bits per heavy atom. The van der Waals surface area contributed by atoms with Crippen molar-refractivity contribution in [2.24, 2.45) is 0 Å². The topological polar surface area (TPSA) is 87.4 Å². The number of aromatic nitrogens is 2. The SMILES string of the molecule is COc1ccc([N+](=O)[O-])cc1Oc1ncc(CCl)cn1. The van der Waals surface area contributed by atoms with E-state index in [9.17, 15) is 10.1 Å². The Labute approximate surface area is 119 Å². The maximum absolute atomic E-state index is 10.8. The predicted octanol–water partition coefficient (Wildman–Crippen LogP) is 2.92. The molecule has 2 rings (SSSR count). The highest BCUT2D eigenvalue weighted by Gasteiger charge is 2.14. The Morgan fingerprint density at radius 3 is 2.55 bits per heavy atom. The van der Waals surface area contributed by atoms with Crippen LogP contribution in [0, 0.1) is 10.1 Å². The van der Waals surface area contributed by atoms with Crippen molar-refractivity contribution in [3.8, 4) is 17.5 Å². The standard InChI is InChI=1S/C12H10ClN3O4/c1-19-10-3-2-9(16(17)18)4-11(10)20-12-14-6-8(5-13)7-15-12/h2-4,6-7H,5H2,1H3. The van der Waals surface area contributed by atoms with E-state index in [2.05, 4.69) is 9.97 Å². The maximum Gasteiger partial charge on any atom is 0.322 e. The minimum Gasteiger partial charge on any atom is -0.493 e. The first-order valence-electron chi connectivity index (χ1n) is 5.51. The summed E-state index contributed by atoms with van der Waals surface area (Å²) in [6.07, 6.45) is 3.03. The van der Waals surface area contributed by atoms with E-state index in [0.29, 0.717) is 11.6 Å². The van der Waals surface area contributed by atoms with Crippen LogP contribution in [0.4, 0.5) is 5.69 Å². The summed E-state index contributed by atoms with van der Waals surface area (Å²) < 4.78 is 10.5. The van der Waals surface area contributed by atoms with E-state index in [4.69, 9.17) is 21.1 Å². The molecule has 0 saturated carbocycles. The molecule has 1 aromatic carbocycles. The normalized spacial score (nSPS) is 10.1. The first-order valence-corrected chi connectivity index (χ1v) is 6.04. The molecule has 0 bridgehead atoms. The average Bonchev–Trinajstić information content (AvgIpc) is 2.48. The van der Waals surface area contributed by atoms with Crippen LogP contribution in [0.1, 0.15) is 5.56 Å². The molecule has 0 N–H and O–H groups in total. The quantitative estimate of drug-likeness (QED) is 0.479. The minimum absolute atomic E-state index is 0.0534. The molecule has 0 spiro atoms. The van der Waals surface area contributed by atoms with Crippen molar-refractivity contribution in [3.05, 3.63) is 46.3 Å². The van der Waals surface area contributed by atoms with Gasteiger partial charge in [-0.05, 0) is 6.07 Å². The number of ether oxygens (including phenoxy) is 2. The summed E-state index contributed by atoms with van der Waals surface area (Å²) in [7, 11) is 1.44. The van der Waals surface area contributed by atoms with Crippen LogP contribution in [0.5, 0.6) is 17.5 Å². The molecular weight excluding hydrogens is 286 g/mol. The summed E-state index contributed by atoms with van der Waals surface area (Å²) in [6, 6.07) is 4.07. The molecule has 0 aliphatic heterocycles. The molecule has 0 aliphatic carbocycles. The highest BCUT2D eigenvalue weighted by atomic mass is 35.5. The number of nitrogens with zero attached hydrogens (tertiary/aromatic N) is 3. The Bertz CT molecular complexity index is 619. The number of hydrogen-bond donors (Lipinski definition) is 0. The third-order valence-electron chi connectivity index (χ3n) is 2.40. The van der Waals surface area contributed by atoms with Crippen molar-refractivity contribution >= 4 is 17.3 Å². The number of nitro groups is 1. The molecule has 0 atom stereocenters. The van der Waals surface area contributed by atoms with E-state index in [1.54, 1.807) is 0 Å². The Morgan fingerprint density at radius 2 is 2.00 bits per heavy atom. The van der Waals surface area contributed by atoms with Gasteiger partial charge in [-0.25, -0.2) is 9.97 Å². The summed E-state index contributed by atoms with van der Waals surface area (Å²) >= 11 is 5.63. The molecule has 0 aliphatic rings. The molecule has 1 heterocycles. The number of nitro benzene ring substituents is 1. The predicted molar refractivity (Wildman–Crippen MR) is 71.3 cm³/mol. The molecule has 0 radical (unpaired) electrons. The van der Waals surface area contributed by atoms with E-state index in [1.165, 1.54) is 37.7 Å². The summed E-state index contributed by atoms with van der Waals surface area (Å²) in [5.41, 5.74) is 0.628. The fourth-order valence-electron chi connectivity index (χ4n) is 1.42. The molecule has 20 heavy (non-hydrogen) atoms. The molecule has 0 unspecified atom stereocenters. The average molecular weight is 296 g/mol. The first-order chi connectivity index (χ1) is 9.63. The van der Waals surface area contributed by atoms with Gasteiger partial charge in [0.05, 0.1) is 24.0 Å². The second kappa shape index (κ2) is 6.16. The highest BCUT2D eigenvalue weighted by Crippen LogP contribution is 2.33. The summed E-state index contributed by atoms with van der Waals surface area (Å²) in [5.74, 6) is 0.807. The Balaban J connectivity index is 2.30. The van der Waals surface area contributed by atoms with Gasteiger partial charge in [-0.15, -0.1) is 11.6 Å². The van der Waals surface area contributed by atoms with Gasteiger partial charge in [-0.2, -0.15) is 0 Å². The summed E-state index contributed by atoms with van der Waals surface area (Å²) in [6.45, 7) is 0. The molecule has 0 saturated heterocycles. The monoisotopic (exact) mass is 295 g/mol. The fraction of sp³-hybridized carbons (Fsp3) is 0.167. The van der Waals surface area contributed by atoms with Gasteiger partial charge in [0, 0.05) is 24.0 Å². The number of alkyl halides is 1. The molecule has 2 aromatic rings. The van der Waals surface area contributed by atoms with Gasteiger partial charge >= 0.3 is 6.01 Å². The van der Waals surface area contributed by atoms with Crippen molar-refractivity contribution in [2.75, 3.05) is 7.11 Å². The van der Waals surface area contributed by atoms with E-state index in [-0.39, 0.29) is 17.4 Å². The molecular formula is C12H10ClN3O4. The summed E-state index contributed by atoms with van der Waals surface area (Å²) in [5, 5.41) is 10.8. The lowest BCUT2D eigenvalue weighted by Crippen LogP contribution is -1.96. The zero-order chi connectivity index (χ0) is 14.5. The van der Waals surface area contributed by atoms with E-state index in [1.807, 2.05) is 0 Å². The van der Waals surface area contributed by atoms with Crippen molar-refractivity contribution in [3.63, 3.8) is 0 Å². The zero-order valence-electron chi connectivity index (χ0n) is 10.4. The van der Waals surface area contributed by atoms with Gasteiger partial charge in [0.15, 0.2) is 11.5 Å². The summed E-state index contributed by atoms with van der Waals surface area (Å²) in [4.78, 5) is 18.1. The van der Waals surface area contributed by atoms with Crippen LogP contribution >= 0.6 is 11.6 Å². The molecule has 7 nitrogen and oxygen atoms in total. The van der Waals surface area contributed by atoms with Gasteiger partial charge in [-0.1, -0.05) is 0 Å². The van der Waals surface area contributed by atoms with Crippen molar-refractivity contribution in [1.29, 1.82) is 0 Å². The molecule has 0 amide bonds. The van der Waals surface area contributed by atoms with Crippen LogP contribution in [0.3, 0.4) is 0 Å². The number of rotatable bonds is 5. The van der Waals surface area contributed by atoms with Crippen LogP contribution in [0.2, 0.25) is 0 Å². The van der Waals surface area contributed by atoms with Gasteiger partial charge in [0.25, 0.3) is 5.69 Å². The molecule has 0 fully saturated rings. The van der Waals surface area contributed by atoms with E-state index in [0.717, 1.165) is 5.56 Å². The maximum atomic E-state index is 10.8. The van der Waals surface area contributed by atoms with Crippen LogP contribution in [0.25, 0.3) is 0 Å². The fourth-order valence-corrected chi connectivity index (χ4v) is 1.56. The Kier molecular flexibility index (Phi) is 4.31. The van der Waals surface area contributed by atoms with Gasteiger partial charge in [-0.3, -0.25) is 10.1 Å². The van der Waals surface area contributed by atoms with Crippen LogP contribution in [-0.4, -0.2) is 22.0 Å². The smallest absolute Gasteiger partial charge is 0.322 e. The number of hydrogen-bond acceptors (Lipinski definition) is 6. The second-order valence-electron chi connectivity index (χ2n) is 3.70. The van der Waals surface area contributed by atoms with Gasteiger partial charge in [0.1, 0.15) is 0 Å². The number of halogens is 1. The highest BCUT2D eigenvalue weighted by molar-refractivity contribution is 6.17. The lowest BCUT2D eigenvalue weighted by molar-refractivity contribution is -0.384. The number of benzene rings is 1. The van der Waals surface area contributed by atoms with Crippen molar-refractivity contribution in [1.82, 2.24) is 9.97 Å². The van der Waals surface area contributed by atoms with Crippen LogP contribution < -0.4 is 9.47 Å². The van der Waals surface area contributed by atoms with Gasteiger partial charge in [0.2, 0.25) is 0 Å². The molecule has 8 heteroatoms. The van der Waals surface area contributed by atoms with E-state index >= 15 is 0 Å². The van der Waals surface area contributed by atoms with Gasteiger partial charge < -0.3 is 9.47 Å². The molecule has 104 valence electrons. The number of non-ortho nitro benzene ring substituents is 1. The third-order valence-corrected chi connectivity index (χ3v) is 2.70. The largest absolute Gasteiger partial charge is 0.493 e. The van der Waals surface area contributed by atoms with Crippen molar-refractivity contribution < 1.29 is 14.4 Å². The third kappa shape index (κ3) is 3.12. The molecule has 1 aromatic heterocycles. The number of methoxy groups -OCH3 is 1. The van der Waals surface area contributed by atoms with Crippen LogP contribution in [-0.2, 0) is 5.88 Å².